The second-order valence-corrected chi connectivity index (χ2v) is 4.17. The van der Waals surface area contributed by atoms with Gasteiger partial charge in [-0.2, -0.15) is 0 Å². The molecule has 74 valence electrons. The van der Waals surface area contributed by atoms with E-state index in [0.717, 1.165) is 25.9 Å². The van der Waals surface area contributed by atoms with Gasteiger partial charge in [-0.25, -0.2) is 0 Å². The van der Waals surface area contributed by atoms with Crippen molar-refractivity contribution in [2.75, 3.05) is 13.1 Å². The summed E-state index contributed by atoms with van der Waals surface area (Å²) >= 11 is 0. The summed E-state index contributed by atoms with van der Waals surface area (Å²) in [6, 6.07) is 0.593. The van der Waals surface area contributed by atoms with Crippen LogP contribution in [0.5, 0.6) is 0 Å². The van der Waals surface area contributed by atoms with Gasteiger partial charge in [0.05, 0.1) is 6.04 Å². The molecule has 1 amide bonds. The van der Waals surface area contributed by atoms with Crippen LogP contribution in [0.1, 0.15) is 32.6 Å². The average molecular weight is 182 g/mol. The van der Waals surface area contributed by atoms with E-state index in [1.807, 2.05) is 4.90 Å². The number of hydrogen-bond donors (Lipinski definition) is 1. The van der Waals surface area contributed by atoms with Gasteiger partial charge in [-0.15, -0.1) is 0 Å². The van der Waals surface area contributed by atoms with Crippen molar-refractivity contribution in [1.29, 1.82) is 0 Å². The topological polar surface area (TPSA) is 32.3 Å². The molecule has 0 bridgehead atoms. The predicted octanol–water partition coefficient (Wildman–Crippen LogP) is 0.749. The van der Waals surface area contributed by atoms with E-state index in [2.05, 4.69) is 12.2 Å². The third-order valence-corrected chi connectivity index (χ3v) is 3.19. The van der Waals surface area contributed by atoms with Crippen molar-refractivity contribution in [3.05, 3.63) is 0 Å². The van der Waals surface area contributed by atoms with Crippen molar-refractivity contribution in [2.45, 2.75) is 44.7 Å². The Labute approximate surface area is 79.5 Å². The van der Waals surface area contributed by atoms with Gasteiger partial charge in [0.1, 0.15) is 0 Å². The molecule has 1 N–H and O–H groups in total. The Kier molecular flexibility index (Phi) is 2.54. The zero-order valence-corrected chi connectivity index (χ0v) is 8.25. The van der Waals surface area contributed by atoms with Gasteiger partial charge in [-0.1, -0.05) is 0 Å². The van der Waals surface area contributed by atoms with Crippen molar-refractivity contribution in [3.8, 4) is 0 Å². The van der Waals surface area contributed by atoms with Gasteiger partial charge in [0, 0.05) is 12.6 Å². The first-order valence-corrected chi connectivity index (χ1v) is 5.33. The number of rotatable bonds is 1. The lowest BCUT2D eigenvalue weighted by Gasteiger charge is -2.24. The molecule has 3 heteroatoms. The SMILES string of the molecule is C[C@@H]1CCCN1C(=O)C1CCCN1. The van der Waals surface area contributed by atoms with Crippen molar-refractivity contribution in [1.82, 2.24) is 10.2 Å². The fourth-order valence-electron chi connectivity index (χ4n) is 2.36. The summed E-state index contributed by atoms with van der Waals surface area (Å²) in [6.45, 7) is 4.14. The normalized spacial score (nSPS) is 34.1. The molecule has 2 fully saturated rings. The number of amides is 1. The van der Waals surface area contributed by atoms with Crippen LogP contribution in [0.25, 0.3) is 0 Å². The van der Waals surface area contributed by atoms with E-state index in [9.17, 15) is 4.79 Å². The first-order chi connectivity index (χ1) is 6.29. The molecular weight excluding hydrogens is 164 g/mol. The summed E-state index contributed by atoms with van der Waals surface area (Å²) in [6.07, 6.45) is 4.54. The number of likely N-dealkylation sites (tertiary alicyclic amines) is 1. The second kappa shape index (κ2) is 3.66. The summed E-state index contributed by atoms with van der Waals surface area (Å²) in [4.78, 5) is 14.0. The maximum atomic E-state index is 11.9. The van der Waals surface area contributed by atoms with Gasteiger partial charge in [0.15, 0.2) is 0 Å². The largest absolute Gasteiger partial charge is 0.339 e. The summed E-state index contributed by atoms with van der Waals surface area (Å²) in [5, 5.41) is 3.26. The molecule has 13 heavy (non-hydrogen) atoms. The van der Waals surface area contributed by atoms with E-state index in [-0.39, 0.29) is 6.04 Å². The Morgan fingerprint density at radius 1 is 1.38 bits per heavy atom. The quantitative estimate of drug-likeness (QED) is 0.649. The van der Waals surface area contributed by atoms with Crippen LogP contribution in [0, 0.1) is 0 Å². The van der Waals surface area contributed by atoms with E-state index in [4.69, 9.17) is 0 Å². The Morgan fingerprint density at radius 3 is 2.77 bits per heavy atom. The summed E-state index contributed by atoms with van der Waals surface area (Å²) in [5.41, 5.74) is 0. The van der Waals surface area contributed by atoms with Gasteiger partial charge >= 0.3 is 0 Å². The second-order valence-electron chi connectivity index (χ2n) is 4.17. The van der Waals surface area contributed by atoms with Crippen LogP contribution in [0.3, 0.4) is 0 Å². The van der Waals surface area contributed by atoms with E-state index >= 15 is 0 Å². The number of carbonyl (C=O) groups is 1. The van der Waals surface area contributed by atoms with Crippen LogP contribution >= 0.6 is 0 Å². The van der Waals surface area contributed by atoms with Crippen LogP contribution in [0.15, 0.2) is 0 Å². The molecule has 2 atom stereocenters. The highest BCUT2D eigenvalue weighted by atomic mass is 16.2. The minimum atomic E-state index is 0.126. The number of nitrogens with zero attached hydrogens (tertiary/aromatic N) is 1. The zero-order chi connectivity index (χ0) is 9.26. The highest BCUT2D eigenvalue weighted by Gasteiger charge is 2.31. The van der Waals surface area contributed by atoms with Crippen molar-refractivity contribution >= 4 is 5.91 Å². The van der Waals surface area contributed by atoms with Crippen molar-refractivity contribution in [2.24, 2.45) is 0 Å². The third-order valence-electron chi connectivity index (χ3n) is 3.19. The van der Waals surface area contributed by atoms with Crippen LogP contribution in [0.2, 0.25) is 0 Å². The van der Waals surface area contributed by atoms with Gasteiger partial charge in [-0.05, 0) is 39.2 Å². The monoisotopic (exact) mass is 182 g/mol. The van der Waals surface area contributed by atoms with E-state index < -0.39 is 0 Å². The van der Waals surface area contributed by atoms with Crippen molar-refractivity contribution < 1.29 is 4.79 Å². The molecule has 0 aromatic rings. The van der Waals surface area contributed by atoms with Crippen LogP contribution < -0.4 is 5.32 Å². The average Bonchev–Trinajstić information content (AvgIpc) is 2.72. The molecule has 1 unspecified atom stereocenters. The first-order valence-electron chi connectivity index (χ1n) is 5.33. The van der Waals surface area contributed by atoms with E-state index in [1.54, 1.807) is 0 Å². The zero-order valence-electron chi connectivity index (χ0n) is 8.25. The maximum absolute atomic E-state index is 11.9. The van der Waals surface area contributed by atoms with Gasteiger partial charge in [-0.3, -0.25) is 4.79 Å². The molecule has 2 aliphatic rings. The molecule has 0 spiro atoms. The summed E-state index contributed by atoms with van der Waals surface area (Å²) < 4.78 is 0. The summed E-state index contributed by atoms with van der Waals surface area (Å²) in [7, 11) is 0. The fourth-order valence-corrected chi connectivity index (χ4v) is 2.36. The third kappa shape index (κ3) is 1.70. The van der Waals surface area contributed by atoms with E-state index in [0.29, 0.717) is 11.9 Å². The van der Waals surface area contributed by atoms with Crippen molar-refractivity contribution in [3.63, 3.8) is 0 Å². The number of nitrogens with one attached hydrogen (secondary N) is 1. The lowest BCUT2D eigenvalue weighted by molar-refractivity contribution is -0.133. The molecule has 2 saturated heterocycles. The molecule has 2 rings (SSSR count). The maximum Gasteiger partial charge on any atom is 0.239 e. The Balaban J connectivity index is 1.95. The first kappa shape index (κ1) is 9.00. The Bertz CT molecular complexity index is 199. The number of hydrogen-bond acceptors (Lipinski definition) is 2. The summed E-state index contributed by atoms with van der Waals surface area (Å²) in [5.74, 6) is 0.336. The lowest BCUT2D eigenvalue weighted by atomic mass is 10.2. The highest BCUT2D eigenvalue weighted by molar-refractivity contribution is 5.82. The minimum Gasteiger partial charge on any atom is -0.339 e. The van der Waals surface area contributed by atoms with Gasteiger partial charge in [0.2, 0.25) is 5.91 Å². The predicted molar refractivity (Wildman–Crippen MR) is 51.4 cm³/mol. The van der Waals surface area contributed by atoms with Gasteiger partial charge < -0.3 is 10.2 Å². The Hall–Kier alpha value is -0.570. The minimum absolute atomic E-state index is 0.126. The van der Waals surface area contributed by atoms with Crippen LogP contribution in [-0.4, -0.2) is 36.0 Å². The fraction of sp³-hybridized carbons (Fsp3) is 0.900. The molecule has 2 aliphatic heterocycles. The molecule has 0 saturated carbocycles. The standard InChI is InChI=1S/C10H18N2O/c1-8-4-3-7-12(8)10(13)9-5-2-6-11-9/h8-9,11H,2-7H2,1H3/t8-,9?/m1/s1. The molecule has 0 radical (unpaired) electrons. The van der Waals surface area contributed by atoms with E-state index in [1.165, 1.54) is 12.8 Å². The highest BCUT2D eigenvalue weighted by Crippen LogP contribution is 2.19. The Morgan fingerprint density at radius 2 is 2.23 bits per heavy atom. The molecule has 3 nitrogen and oxygen atoms in total. The molecule has 0 aromatic heterocycles. The lowest BCUT2D eigenvalue weighted by Crippen LogP contribution is -2.44. The molecule has 0 aromatic carbocycles. The molecule has 0 aliphatic carbocycles. The van der Waals surface area contributed by atoms with Crippen LogP contribution in [0.4, 0.5) is 0 Å². The smallest absolute Gasteiger partial charge is 0.239 e. The molecular formula is C10H18N2O. The van der Waals surface area contributed by atoms with Crippen LogP contribution in [-0.2, 0) is 4.79 Å². The number of carbonyl (C=O) groups excluding carboxylic acids is 1. The van der Waals surface area contributed by atoms with Gasteiger partial charge in [0.25, 0.3) is 0 Å². The molecule has 2 heterocycles.